The number of aryl methyl sites for hydroxylation is 1. The number of aromatic hydroxyl groups is 1. The van der Waals surface area contributed by atoms with E-state index in [0.29, 0.717) is 5.56 Å². The van der Waals surface area contributed by atoms with Crippen LogP contribution in [0.15, 0.2) is 24.3 Å². The van der Waals surface area contributed by atoms with E-state index in [-0.39, 0.29) is 17.1 Å². The molecule has 82 valence electrons. The van der Waals surface area contributed by atoms with Gasteiger partial charge in [0.25, 0.3) is 0 Å². The molecular formula is C11H10N2O3. The Balaban J connectivity index is 2.49. The van der Waals surface area contributed by atoms with Crippen molar-refractivity contribution in [3.05, 3.63) is 35.5 Å². The summed E-state index contributed by atoms with van der Waals surface area (Å²) in [4.78, 5) is 10.7. The second-order valence-corrected chi connectivity index (χ2v) is 3.47. The highest BCUT2D eigenvalue weighted by atomic mass is 16.4. The molecule has 0 aliphatic rings. The quantitative estimate of drug-likeness (QED) is 0.717. The molecule has 0 atom stereocenters. The van der Waals surface area contributed by atoms with Crippen LogP contribution in [0.2, 0.25) is 0 Å². The number of hydrogen-bond donors (Lipinski definition) is 3. The van der Waals surface area contributed by atoms with E-state index in [9.17, 15) is 9.90 Å². The number of hydrogen-bond acceptors (Lipinski definition) is 3. The standard InChI is InChI=1S/C11H10N2O3/c1-6-2-4-7(5-3-6)8-10(14)9(11(15)16)13-12-8/h2-5,14H,1H3,(H,12,13)(H,15,16). The number of nitrogens with one attached hydrogen (secondary N) is 1. The first kappa shape index (κ1) is 10.2. The SMILES string of the molecule is Cc1ccc(-c2n[nH]c(C(=O)O)c2O)cc1. The molecule has 0 radical (unpaired) electrons. The number of H-pyrrole nitrogens is 1. The van der Waals surface area contributed by atoms with Crippen LogP contribution in [0.25, 0.3) is 11.3 Å². The van der Waals surface area contributed by atoms with Gasteiger partial charge in [0.1, 0.15) is 5.69 Å². The Labute approximate surface area is 91.4 Å². The van der Waals surface area contributed by atoms with Crippen molar-refractivity contribution in [1.29, 1.82) is 0 Å². The van der Waals surface area contributed by atoms with Crippen molar-refractivity contribution >= 4 is 5.97 Å². The lowest BCUT2D eigenvalue weighted by Gasteiger charge is -1.98. The highest BCUT2D eigenvalue weighted by Gasteiger charge is 2.18. The molecule has 2 aromatic rings. The lowest BCUT2D eigenvalue weighted by atomic mass is 10.1. The Hall–Kier alpha value is -2.30. The first-order valence-corrected chi connectivity index (χ1v) is 4.67. The summed E-state index contributed by atoms with van der Waals surface area (Å²) >= 11 is 0. The molecule has 0 bridgehead atoms. The zero-order valence-electron chi connectivity index (χ0n) is 8.56. The lowest BCUT2D eigenvalue weighted by molar-refractivity contribution is 0.0687. The molecule has 1 aromatic carbocycles. The topological polar surface area (TPSA) is 86.2 Å². The van der Waals surface area contributed by atoms with Crippen molar-refractivity contribution < 1.29 is 15.0 Å². The maximum Gasteiger partial charge on any atom is 0.357 e. The number of nitrogens with zero attached hydrogens (tertiary/aromatic N) is 1. The number of aromatic nitrogens is 2. The molecule has 0 aliphatic heterocycles. The fraction of sp³-hybridized carbons (Fsp3) is 0.0909. The lowest BCUT2D eigenvalue weighted by Crippen LogP contribution is -1.96. The van der Waals surface area contributed by atoms with E-state index >= 15 is 0 Å². The zero-order valence-corrected chi connectivity index (χ0v) is 8.56. The van der Waals surface area contributed by atoms with Crippen molar-refractivity contribution in [3.63, 3.8) is 0 Å². The fourth-order valence-electron chi connectivity index (χ4n) is 1.40. The fourth-order valence-corrected chi connectivity index (χ4v) is 1.40. The van der Waals surface area contributed by atoms with Crippen LogP contribution in [-0.2, 0) is 0 Å². The molecule has 0 aliphatic carbocycles. The maximum absolute atomic E-state index is 10.7. The Kier molecular flexibility index (Phi) is 2.36. The van der Waals surface area contributed by atoms with E-state index < -0.39 is 5.97 Å². The van der Waals surface area contributed by atoms with E-state index in [1.54, 1.807) is 12.1 Å². The minimum absolute atomic E-state index is 0.248. The van der Waals surface area contributed by atoms with Gasteiger partial charge < -0.3 is 10.2 Å². The predicted molar refractivity (Wildman–Crippen MR) is 57.4 cm³/mol. The molecule has 1 aromatic heterocycles. The van der Waals surface area contributed by atoms with Gasteiger partial charge in [-0.2, -0.15) is 5.10 Å². The van der Waals surface area contributed by atoms with Crippen LogP contribution in [0, 0.1) is 6.92 Å². The highest BCUT2D eigenvalue weighted by Crippen LogP contribution is 2.29. The maximum atomic E-state index is 10.7. The Morgan fingerprint density at radius 3 is 2.44 bits per heavy atom. The van der Waals surface area contributed by atoms with Crippen molar-refractivity contribution in [3.8, 4) is 17.0 Å². The Bertz CT molecular complexity index is 529. The molecule has 0 saturated heterocycles. The molecule has 3 N–H and O–H groups in total. The van der Waals surface area contributed by atoms with Crippen LogP contribution in [0.1, 0.15) is 16.1 Å². The van der Waals surface area contributed by atoms with E-state index in [2.05, 4.69) is 10.2 Å². The summed E-state index contributed by atoms with van der Waals surface area (Å²) in [5.41, 5.74) is 1.71. The predicted octanol–water partition coefficient (Wildman–Crippen LogP) is 1.79. The summed E-state index contributed by atoms with van der Waals surface area (Å²) in [5, 5.41) is 24.5. The number of carbonyl (C=O) groups is 1. The van der Waals surface area contributed by atoms with E-state index in [1.807, 2.05) is 19.1 Å². The van der Waals surface area contributed by atoms with Gasteiger partial charge >= 0.3 is 5.97 Å². The number of carboxylic acids is 1. The van der Waals surface area contributed by atoms with Gasteiger partial charge in [0.05, 0.1) is 0 Å². The molecule has 0 spiro atoms. The molecular weight excluding hydrogens is 208 g/mol. The molecule has 0 saturated carbocycles. The summed E-state index contributed by atoms with van der Waals surface area (Å²) in [6.45, 7) is 1.94. The van der Waals surface area contributed by atoms with E-state index in [4.69, 9.17) is 5.11 Å². The third-order valence-electron chi connectivity index (χ3n) is 2.28. The molecule has 0 fully saturated rings. The third kappa shape index (κ3) is 1.63. The molecule has 1 heterocycles. The van der Waals surface area contributed by atoms with Crippen LogP contribution in [0.5, 0.6) is 5.75 Å². The third-order valence-corrected chi connectivity index (χ3v) is 2.28. The van der Waals surface area contributed by atoms with Crippen molar-refractivity contribution in [1.82, 2.24) is 10.2 Å². The summed E-state index contributed by atoms with van der Waals surface area (Å²) < 4.78 is 0. The van der Waals surface area contributed by atoms with Gasteiger partial charge in [0.2, 0.25) is 0 Å². The monoisotopic (exact) mass is 218 g/mol. The number of benzene rings is 1. The van der Waals surface area contributed by atoms with Gasteiger partial charge in [0.15, 0.2) is 11.4 Å². The first-order valence-electron chi connectivity index (χ1n) is 4.67. The Morgan fingerprint density at radius 2 is 1.94 bits per heavy atom. The van der Waals surface area contributed by atoms with Gasteiger partial charge in [-0.3, -0.25) is 5.10 Å². The van der Waals surface area contributed by atoms with Crippen molar-refractivity contribution in [2.45, 2.75) is 6.92 Å². The minimum atomic E-state index is -1.23. The molecule has 0 unspecified atom stereocenters. The van der Waals surface area contributed by atoms with Gasteiger partial charge in [-0.15, -0.1) is 0 Å². The number of rotatable bonds is 2. The van der Waals surface area contributed by atoms with Gasteiger partial charge in [-0.25, -0.2) is 4.79 Å². The largest absolute Gasteiger partial charge is 0.504 e. The first-order chi connectivity index (χ1) is 7.59. The summed E-state index contributed by atoms with van der Waals surface area (Å²) in [7, 11) is 0. The summed E-state index contributed by atoms with van der Waals surface area (Å²) in [6.07, 6.45) is 0. The summed E-state index contributed by atoms with van der Waals surface area (Å²) in [6, 6.07) is 7.28. The van der Waals surface area contributed by atoms with Gasteiger partial charge in [0, 0.05) is 5.56 Å². The number of aromatic carboxylic acids is 1. The normalized spacial score (nSPS) is 10.3. The van der Waals surface area contributed by atoms with Crippen LogP contribution >= 0.6 is 0 Å². The average Bonchev–Trinajstić information content (AvgIpc) is 2.61. The molecule has 2 rings (SSSR count). The second kappa shape index (κ2) is 3.69. The van der Waals surface area contributed by atoms with E-state index in [0.717, 1.165) is 5.56 Å². The van der Waals surface area contributed by atoms with Crippen molar-refractivity contribution in [2.75, 3.05) is 0 Å². The van der Waals surface area contributed by atoms with E-state index in [1.165, 1.54) is 0 Å². The summed E-state index contributed by atoms with van der Waals surface area (Å²) in [5.74, 6) is -1.57. The highest BCUT2D eigenvalue weighted by molar-refractivity contribution is 5.91. The minimum Gasteiger partial charge on any atom is -0.504 e. The Morgan fingerprint density at radius 1 is 1.31 bits per heavy atom. The zero-order chi connectivity index (χ0) is 11.7. The average molecular weight is 218 g/mol. The van der Waals surface area contributed by atoms with Crippen LogP contribution < -0.4 is 0 Å². The number of aromatic amines is 1. The molecule has 0 amide bonds. The van der Waals surface area contributed by atoms with Gasteiger partial charge in [-0.1, -0.05) is 29.8 Å². The van der Waals surface area contributed by atoms with Crippen LogP contribution in [0.3, 0.4) is 0 Å². The van der Waals surface area contributed by atoms with Crippen LogP contribution in [-0.4, -0.2) is 26.4 Å². The number of carboxylic acid groups (broad SMARTS) is 1. The van der Waals surface area contributed by atoms with Crippen molar-refractivity contribution in [2.24, 2.45) is 0 Å². The van der Waals surface area contributed by atoms with Gasteiger partial charge in [-0.05, 0) is 6.92 Å². The molecule has 5 nitrogen and oxygen atoms in total. The smallest absolute Gasteiger partial charge is 0.357 e. The molecule has 16 heavy (non-hydrogen) atoms. The molecule has 5 heteroatoms. The van der Waals surface area contributed by atoms with Crippen LogP contribution in [0.4, 0.5) is 0 Å². The second-order valence-electron chi connectivity index (χ2n) is 3.47.